The number of nitrogens with one attached hydrogen (secondary N) is 4. The van der Waals surface area contributed by atoms with Crippen molar-refractivity contribution in [2.75, 3.05) is 32.6 Å². The van der Waals surface area contributed by atoms with E-state index < -0.39 is 36.4 Å². The molecule has 3 saturated heterocycles. The third-order valence-corrected chi connectivity index (χ3v) is 13.3. The lowest BCUT2D eigenvalue weighted by Gasteiger charge is -2.38. The summed E-state index contributed by atoms with van der Waals surface area (Å²) in [6.45, 7) is 8.27. The normalized spacial score (nSPS) is 25.8. The molecule has 0 spiro atoms. The molecule has 15 nitrogen and oxygen atoms in total. The minimum absolute atomic E-state index is 0.115. The predicted molar refractivity (Wildman–Crippen MR) is 239 cm³/mol. The lowest BCUT2D eigenvalue weighted by atomic mass is 9.94. The van der Waals surface area contributed by atoms with Crippen LogP contribution in [0.2, 0.25) is 0 Å². The first-order valence-corrected chi connectivity index (χ1v) is 22.7. The second-order valence-electron chi connectivity index (χ2n) is 17.4. The summed E-state index contributed by atoms with van der Waals surface area (Å²) in [5.74, 6) is -1.42. The Labute approximate surface area is 373 Å². The lowest BCUT2D eigenvalue weighted by Crippen LogP contribution is -2.55. The molecule has 8 atom stereocenters. The molecule has 0 radical (unpaired) electrons. The van der Waals surface area contributed by atoms with Crippen LogP contribution in [0.4, 0.5) is 15.3 Å². The van der Waals surface area contributed by atoms with Crippen LogP contribution in [0, 0.1) is 11.8 Å². The number of likely N-dealkylation sites (tertiary alicyclic amines) is 3. The first-order valence-electron chi connectivity index (χ1n) is 21.9. The number of carbonyl (C=O) groups excluding carboxylic acids is 6. The highest BCUT2D eigenvalue weighted by atomic mass is 79.9. The molecule has 4 unspecified atom stereocenters. The summed E-state index contributed by atoms with van der Waals surface area (Å²) < 4.78 is 10.5. The second-order valence-corrected chi connectivity index (χ2v) is 18.3. The number of alkyl carbamates (subject to hydrolysis) is 2. The molecule has 3 fully saturated rings. The molecule has 5 aliphatic rings. The molecule has 3 aliphatic heterocycles. The molecule has 336 valence electrons. The molecule has 0 saturated carbocycles. The highest BCUT2D eigenvalue weighted by Crippen LogP contribution is 2.43. The summed E-state index contributed by atoms with van der Waals surface area (Å²) in [5, 5.41) is 11.5. The van der Waals surface area contributed by atoms with E-state index in [1.165, 1.54) is 19.8 Å². The zero-order valence-electron chi connectivity index (χ0n) is 36.6. The van der Waals surface area contributed by atoms with Crippen LogP contribution in [0.25, 0.3) is 0 Å². The van der Waals surface area contributed by atoms with E-state index in [0.717, 1.165) is 29.3 Å². The highest BCUT2D eigenvalue weighted by Gasteiger charge is 2.42. The molecule has 16 heteroatoms. The number of benzene rings is 1. The van der Waals surface area contributed by atoms with E-state index in [1.54, 1.807) is 9.80 Å². The molecular weight excluding hydrogens is 858 g/mol. The fourth-order valence-electron chi connectivity index (χ4n) is 9.42. The number of ether oxygens (including phenoxy) is 2. The Balaban J connectivity index is 1.10. The van der Waals surface area contributed by atoms with E-state index >= 15 is 0 Å². The van der Waals surface area contributed by atoms with Gasteiger partial charge in [0.1, 0.15) is 24.2 Å². The maximum atomic E-state index is 13.6. The predicted octanol–water partition coefficient (Wildman–Crippen LogP) is 5.85. The van der Waals surface area contributed by atoms with Gasteiger partial charge >= 0.3 is 12.2 Å². The number of rotatable bonds is 13. The van der Waals surface area contributed by atoms with Crippen molar-refractivity contribution in [2.45, 2.75) is 127 Å². The average molecular weight is 921 g/mol. The summed E-state index contributed by atoms with van der Waals surface area (Å²) in [5.41, 5.74) is 2.99. The van der Waals surface area contributed by atoms with Crippen molar-refractivity contribution in [3.05, 3.63) is 76.3 Å². The Morgan fingerprint density at radius 2 is 1.26 bits per heavy atom. The largest absolute Gasteiger partial charge is 0.453 e. The summed E-state index contributed by atoms with van der Waals surface area (Å²) in [6, 6.07) is 5.32. The van der Waals surface area contributed by atoms with Gasteiger partial charge in [0.05, 0.1) is 20.3 Å². The van der Waals surface area contributed by atoms with Gasteiger partial charge in [-0.2, -0.15) is 0 Å². The smallest absolute Gasteiger partial charge is 0.407 e. The van der Waals surface area contributed by atoms with Gasteiger partial charge in [-0.05, 0) is 86.5 Å². The van der Waals surface area contributed by atoms with Gasteiger partial charge in [0.2, 0.25) is 23.6 Å². The minimum Gasteiger partial charge on any atom is -0.453 e. The lowest BCUT2D eigenvalue weighted by molar-refractivity contribution is -0.140. The van der Waals surface area contributed by atoms with Crippen molar-refractivity contribution in [1.82, 2.24) is 30.7 Å². The van der Waals surface area contributed by atoms with Crippen LogP contribution in [-0.4, -0.2) is 120 Å². The Morgan fingerprint density at radius 3 is 1.76 bits per heavy atom. The number of hydrogen-bond donors (Lipinski definition) is 4. The maximum Gasteiger partial charge on any atom is 0.407 e. The van der Waals surface area contributed by atoms with Crippen LogP contribution in [0.15, 0.2) is 70.8 Å². The number of allylic oxidation sites excluding steroid dienone is 2. The summed E-state index contributed by atoms with van der Waals surface area (Å²) in [7, 11) is 2.51. The molecular formula is C46H62BrN7O8. The molecule has 1 aromatic rings. The maximum absolute atomic E-state index is 13.6. The van der Waals surface area contributed by atoms with E-state index in [2.05, 4.69) is 90.7 Å². The van der Waals surface area contributed by atoms with Gasteiger partial charge in [0.25, 0.3) is 0 Å². The number of nitrogens with zero attached hydrogens (tertiary/aromatic N) is 3. The van der Waals surface area contributed by atoms with Crippen molar-refractivity contribution in [1.29, 1.82) is 0 Å². The Kier molecular flexibility index (Phi) is 15.7. The molecule has 3 heterocycles. The number of carbonyl (C=O) groups is 6. The van der Waals surface area contributed by atoms with E-state index in [9.17, 15) is 28.8 Å². The Hall–Kier alpha value is -4.96. The monoisotopic (exact) mass is 919 g/mol. The molecule has 1 aromatic carbocycles. The first-order chi connectivity index (χ1) is 29.7. The Bertz CT molecular complexity index is 1960. The molecule has 4 N–H and O–H groups in total. The van der Waals surface area contributed by atoms with Gasteiger partial charge in [0, 0.05) is 41.4 Å². The third kappa shape index (κ3) is 10.8. The number of methoxy groups -OCH3 is 2. The van der Waals surface area contributed by atoms with Crippen LogP contribution in [0.5, 0.6) is 0 Å². The van der Waals surface area contributed by atoms with E-state index in [1.807, 2.05) is 39.8 Å². The van der Waals surface area contributed by atoms with E-state index in [4.69, 9.17) is 9.47 Å². The number of hydrogen-bond acceptors (Lipinski definition) is 9. The number of anilines is 1. The van der Waals surface area contributed by atoms with Crippen molar-refractivity contribution >= 4 is 57.4 Å². The molecule has 6 amide bonds. The van der Waals surface area contributed by atoms with Gasteiger partial charge in [-0.3, -0.25) is 24.1 Å². The fraction of sp³-hybridized carbons (Fsp3) is 0.565. The van der Waals surface area contributed by atoms with Crippen LogP contribution >= 0.6 is 15.9 Å². The van der Waals surface area contributed by atoms with Crippen molar-refractivity contribution < 1.29 is 38.2 Å². The second kappa shape index (κ2) is 20.9. The van der Waals surface area contributed by atoms with Crippen LogP contribution < -0.4 is 21.3 Å². The van der Waals surface area contributed by atoms with Crippen molar-refractivity contribution in [3.63, 3.8) is 0 Å². The summed E-state index contributed by atoms with van der Waals surface area (Å²) in [4.78, 5) is 84.0. The molecule has 6 rings (SSSR count). The molecule has 2 aliphatic carbocycles. The van der Waals surface area contributed by atoms with Gasteiger partial charge in [-0.1, -0.05) is 92.2 Å². The summed E-state index contributed by atoms with van der Waals surface area (Å²) >= 11 is 3.63. The number of amides is 6. The molecule has 62 heavy (non-hydrogen) atoms. The van der Waals surface area contributed by atoms with E-state index in [-0.39, 0.29) is 59.6 Å². The third-order valence-electron chi connectivity index (χ3n) is 12.7. The van der Waals surface area contributed by atoms with E-state index in [0.29, 0.717) is 50.9 Å². The quantitative estimate of drug-likeness (QED) is 0.189. The fourth-order valence-corrected chi connectivity index (χ4v) is 9.76. The van der Waals surface area contributed by atoms with Gasteiger partial charge < -0.3 is 40.5 Å². The standard InChI is InChI=1S/C46H62BrN7O8/c1-27(2)39(50-45(59)61-5)43(57)52-25-7-9-37(52)41(55)48-32-17-11-29(12-18-32)35-23-24-36(54(35)34-21-15-31(47)16-22-34)30-13-19-33(20-14-30)49-42(56)38-10-8-26-53(38)44(58)40(28(3)4)51-46(60)62-6/h11-19,21,27-28,33-40H,7-10,20,22-26H2,1-6H3,(H,48,55)(H,49,56)(H,50,59)(H,51,60)/t33?,34?,35?,36?,37-,38-,39-,40-/m0/s1. The number of halogens is 1. The minimum atomic E-state index is -0.805. The summed E-state index contributed by atoms with van der Waals surface area (Å²) in [6.07, 6.45) is 17.4. The van der Waals surface area contributed by atoms with Crippen molar-refractivity contribution in [3.8, 4) is 0 Å². The van der Waals surface area contributed by atoms with Crippen LogP contribution in [0.1, 0.15) is 90.7 Å². The van der Waals surface area contributed by atoms with Crippen LogP contribution in [-0.2, 0) is 28.7 Å². The Morgan fingerprint density at radius 1 is 0.694 bits per heavy atom. The zero-order valence-corrected chi connectivity index (χ0v) is 38.2. The SMILES string of the molecule is COC(=O)N[C@H](C(=O)N1CCC[C@H]1C(=O)Nc1ccc(C2CCC(C3=CCC(NC(=O)[C@@H]4CCCN4C(=O)[C@@H](NC(=O)OC)C(C)C)C=C3)N2C2C=CC(Br)=CC2)cc1)C(C)C. The van der Waals surface area contributed by atoms with Gasteiger partial charge in [0.15, 0.2) is 0 Å². The molecule has 0 aromatic heterocycles. The average Bonchev–Trinajstić information content (AvgIpc) is 4.06. The zero-order chi connectivity index (χ0) is 44.7. The van der Waals surface area contributed by atoms with Crippen LogP contribution in [0.3, 0.4) is 0 Å². The first kappa shape index (κ1) is 46.5. The van der Waals surface area contributed by atoms with Gasteiger partial charge in [-0.15, -0.1) is 0 Å². The van der Waals surface area contributed by atoms with Crippen molar-refractivity contribution in [2.24, 2.45) is 11.8 Å². The topological polar surface area (TPSA) is 179 Å². The molecule has 0 bridgehead atoms. The highest BCUT2D eigenvalue weighted by molar-refractivity contribution is 9.11. The van der Waals surface area contributed by atoms with Gasteiger partial charge in [-0.25, -0.2) is 9.59 Å².